The van der Waals surface area contributed by atoms with Crippen molar-refractivity contribution in [2.24, 2.45) is 10.7 Å². The molecule has 3 aromatic carbocycles. The van der Waals surface area contributed by atoms with Crippen molar-refractivity contribution < 1.29 is 28.6 Å². The number of H-pyrrole nitrogens is 1. The number of nitrogens with one attached hydrogen (secondary N) is 2. The maximum Gasteiger partial charge on any atom is 0.336 e. The third-order valence-corrected chi connectivity index (χ3v) is 11.2. The van der Waals surface area contributed by atoms with Crippen LogP contribution in [0.25, 0.3) is 22.5 Å². The number of aromatic nitrogens is 4. The van der Waals surface area contributed by atoms with Gasteiger partial charge in [0.25, 0.3) is 5.91 Å². The van der Waals surface area contributed by atoms with E-state index in [-0.39, 0.29) is 24.7 Å². The largest absolute Gasteiger partial charge is 0.466 e. The number of unbranched alkanes of at least 4 members (excludes halogenated alkanes) is 1. The van der Waals surface area contributed by atoms with Crippen LogP contribution in [0.3, 0.4) is 0 Å². The lowest BCUT2D eigenvalue weighted by Crippen LogP contribution is -2.40. The monoisotopic (exact) mass is 836 g/mol. The first-order chi connectivity index (χ1) is 29.2. The fourth-order valence-corrected chi connectivity index (χ4v) is 8.24. The number of aliphatic imine (C=N–C) groups is 1. The third kappa shape index (κ3) is 9.67. The number of amides is 1. The summed E-state index contributed by atoms with van der Waals surface area (Å²) in [5, 5.41) is 18.0. The Labute approximate surface area is 355 Å². The maximum atomic E-state index is 13.4. The average molecular weight is 837 g/mol. The second-order valence-electron chi connectivity index (χ2n) is 14.8. The number of hydrogen-bond acceptors (Lipinski definition) is 12. The van der Waals surface area contributed by atoms with E-state index in [1.807, 2.05) is 23.1 Å². The Balaban J connectivity index is 0.000000204. The van der Waals surface area contributed by atoms with Gasteiger partial charge in [0.15, 0.2) is 0 Å². The Hall–Kier alpha value is -5.70. The molecule has 0 unspecified atom stereocenters. The molecule has 316 valence electrons. The highest BCUT2D eigenvalue weighted by Crippen LogP contribution is 2.43. The molecule has 1 amide bonds. The first-order valence-electron chi connectivity index (χ1n) is 20.5. The molecule has 4 N–H and O–H groups in total. The van der Waals surface area contributed by atoms with Gasteiger partial charge in [0, 0.05) is 29.2 Å². The van der Waals surface area contributed by atoms with Crippen LogP contribution in [0.1, 0.15) is 82.8 Å². The summed E-state index contributed by atoms with van der Waals surface area (Å²) < 4.78 is 15.8. The molecule has 1 atom stereocenters. The molecule has 60 heavy (non-hydrogen) atoms. The van der Waals surface area contributed by atoms with Gasteiger partial charge in [-0.05, 0) is 66.6 Å². The van der Waals surface area contributed by atoms with Crippen LogP contribution in [0.5, 0.6) is 0 Å². The number of benzene rings is 3. The second kappa shape index (κ2) is 20.5. The Bertz CT molecular complexity index is 2230. The number of hydrogen-bond donors (Lipinski definition) is 3. The van der Waals surface area contributed by atoms with Gasteiger partial charge in [-0.1, -0.05) is 105 Å². The van der Waals surface area contributed by atoms with Crippen LogP contribution in [0.15, 0.2) is 100 Å². The molecule has 0 bridgehead atoms. The summed E-state index contributed by atoms with van der Waals surface area (Å²) in [6.45, 7) is 7.17. The minimum absolute atomic E-state index is 0.109. The Morgan fingerprint density at radius 1 is 0.967 bits per heavy atom. The first-order valence-corrected chi connectivity index (χ1v) is 20.8. The van der Waals surface area contributed by atoms with Crippen molar-refractivity contribution in [3.8, 4) is 22.5 Å². The molecule has 7 rings (SSSR count). The predicted molar refractivity (Wildman–Crippen MR) is 229 cm³/mol. The van der Waals surface area contributed by atoms with Gasteiger partial charge < -0.3 is 25.3 Å². The van der Waals surface area contributed by atoms with Crippen LogP contribution in [0, 0.1) is 0 Å². The molecular weight excluding hydrogens is 784 g/mol. The number of rotatable bonds is 15. The molecule has 3 heterocycles. The van der Waals surface area contributed by atoms with E-state index in [9.17, 15) is 14.4 Å². The molecule has 1 aromatic heterocycles. The van der Waals surface area contributed by atoms with E-state index in [0.29, 0.717) is 53.1 Å². The zero-order valence-electron chi connectivity index (χ0n) is 34.6. The molecule has 1 saturated carbocycles. The number of halogens is 1. The van der Waals surface area contributed by atoms with Crippen molar-refractivity contribution in [3.63, 3.8) is 0 Å². The molecule has 3 aliphatic rings. The molecule has 15 heteroatoms. The summed E-state index contributed by atoms with van der Waals surface area (Å²) in [7, 11) is 1.29. The Morgan fingerprint density at radius 2 is 1.68 bits per heavy atom. The molecule has 0 saturated heterocycles. The number of ether oxygens (including phenoxy) is 3. The average Bonchev–Trinajstić information content (AvgIpc) is 4.03. The fourth-order valence-electron chi connectivity index (χ4n) is 7.99. The summed E-state index contributed by atoms with van der Waals surface area (Å²) >= 11 is 6.42. The SMILES string of the molecule is CCCCC1=NC2(CCCC2)C(=O)N1Cc1ccc(-c2ccccc2-c2nn[nH]n2)cc1.CCOC(=O)C1=C(COCCN)NC(C)=C(C(=O)OC)[C@@H]1c1ccccc1Cl. The highest BCUT2D eigenvalue weighted by molar-refractivity contribution is 6.31. The number of nitrogens with two attached hydrogens (primary N) is 1. The topological polar surface area (TPSA) is 187 Å². The van der Waals surface area contributed by atoms with E-state index in [2.05, 4.69) is 63.2 Å². The molecule has 2 aliphatic heterocycles. The smallest absolute Gasteiger partial charge is 0.336 e. The minimum atomic E-state index is -0.752. The van der Waals surface area contributed by atoms with Crippen LogP contribution < -0.4 is 11.1 Å². The van der Waals surface area contributed by atoms with Crippen LogP contribution >= 0.6 is 11.6 Å². The van der Waals surface area contributed by atoms with Crippen LogP contribution in [-0.4, -0.2) is 88.2 Å². The van der Waals surface area contributed by atoms with E-state index in [1.165, 1.54) is 7.11 Å². The Kier molecular flexibility index (Phi) is 15.0. The summed E-state index contributed by atoms with van der Waals surface area (Å²) in [6.07, 6.45) is 7.01. The van der Waals surface area contributed by atoms with Crippen molar-refractivity contribution in [2.45, 2.75) is 83.7 Å². The van der Waals surface area contributed by atoms with Gasteiger partial charge in [-0.3, -0.25) is 14.7 Å². The maximum absolute atomic E-state index is 13.4. The molecule has 1 spiro atoms. The molecule has 14 nitrogen and oxygen atoms in total. The van der Waals surface area contributed by atoms with Crippen LogP contribution in [0.4, 0.5) is 0 Å². The van der Waals surface area contributed by atoms with Crippen molar-refractivity contribution in [1.82, 2.24) is 30.8 Å². The summed E-state index contributed by atoms with van der Waals surface area (Å²) in [4.78, 5) is 45.8. The van der Waals surface area contributed by atoms with E-state index in [0.717, 1.165) is 73.0 Å². The van der Waals surface area contributed by atoms with E-state index >= 15 is 0 Å². The number of tetrazole rings is 1. The van der Waals surface area contributed by atoms with Gasteiger partial charge in [0.2, 0.25) is 5.82 Å². The van der Waals surface area contributed by atoms with Crippen molar-refractivity contribution in [1.29, 1.82) is 0 Å². The van der Waals surface area contributed by atoms with Crippen molar-refractivity contribution in [2.75, 3.05) is 33.5 Å². The van der Waals surface area contributed by atoms with Gasteiger partial charge in [-0.15, -0.1) is 10.2 Å². The van der Waals surface area contributed by atoms with Gasteiger partial charge >= 0.3 is 11.9 Å². The van der Waals surface area contributed by atoms with Crippen molar-refractivity contribution in [3.05, 3.63) is 111 Å². The lowest BCUT2D eigenvalue weighted by Gasteiger charge is -2.31. The number of aromatic amines is 1. The zero-order valence-corrected chi connectivity index (χ0v) is 35.4. The summed E-state index contributed by atoms with van der Waals surface area (Å²) in [5.74, 6) is -0.111. The number of carbonyl (C=O) groups is 3. The lowest BCUT2D eigenvalue weighted by atomic mass is 9.80. The second-order valence-corrected chi connectivity index (χ2v) is 15.2. The number of nitrogens with zero attached hydrogens (tertiary/aromatic N) is 5. The van der Waals surface area contributed by atoms with E-state index < -0.39 is 23.4 Å². The van der Waals surface area contributed by atoms with Gasteiger partial charge in [-0.25, -0.2) is 9.59 Å². The zero-order chi connectivity index (χ0) is 42.6. The van der Waals surface area contributed by atoms with Gasteiger partial charge in [0.05, 0.1) is 56.2 Å². The highest BCUT2D eigenvalue weighted by Gasteiger charge is 2.49. The third-order valence-electron chi connectivity index (χ3n) is 10.9. The van der Waals surface area contributed by atoms with E-state index in [1.54, 1.807) is 38.1 Å². The quantitative estimate of drug-likeness (QED) is 0.0823. The van der Waals surface area contributed by atoms with Gasteiger partial charge in [-0.2, -0.15) is 5.21 Å². The first kappa shape index (κ1) is 43.9. The lowest BCUT2D eigenvalue weighted by molar-refractivity contribution is -0.139. The van der Waals surface area contributed by atoms with Crippen LogP contribution in [0.2, 0.25) is 5.02 Å². The normalized spacial score (nSPS) is 17.0. The highest BCUT2D eigenvalue weighted by atomic mass is 35.5. The Morgan fingerprint density at radius 3 is 2.33 bits per heavy atom. The number of esters is 2. The summed E-state index contributed by atoms with van der Waals surface area (Å²) in [6, 6.07) is 23.5. The fraction of sp³-hybridized carbons (Fsp3) is 0.400. The number of allylic oxidation sites excluding steroid dienone is 1. The molecular formula is C45H53ClN8O6. The predicted octanol–water partition coefficient (Wildman–Crippen LogP) is 7.04. The molecule has 0 radical (unpaired) electrons. The number of carbonyl (C=O) groups excluding carboxylic acids is 3. The summed E-state index contributed by atoms with van der Waals surface area (Å²) in [5.41, 5.74) is 11.4. The van der Waals surface area contributed by atoms with Crippen molar-refractivity contribution >= 4 is 35.3 Å². The molecule has 1 fully saturated rings. The van der Waals surface area contributed by atoms with E-state index in [4.69, 9.17) is 36.5 Å². The standard InChI is InChI=1S/C25H28N6O.C20H25ClN2O5/c1-2-3-10-22-26-25(15-6-7-16-25)24(32)31(22)17-18-11-13-19(14-12-18)20-8-4-5-9-21(20)23-27-29-30-28-23;1-4-28-20(25)18-15(11-27-10-9-22)23-12(2)16(19(24)26-3)17(18)13-7-5-6-8-14(13)21/h4-5,8-9,11-14H,2-3,6-7,10,15-17H2,1H3,(H,27,28,29,30);5-8,17,23H,4,9-11,22H2,1-3H3/t;17-/m.0/s1. The minimum Gasteiger partial charge on any atom is -0.466 e. The van der Waals surface area contributed by atoms with Gasteiger partial charge in [0.1, 0.15) is 11.4 Å². The number of amidine groups is 1. The number of methoxy groups -OCH3 is 1. The number of dihydropyridines is 1. The van der Waals surface area contributed by atoms with Crippen LogP contribution in [-0.2, 0) is 35.1 Å². The molecule has 4 aromatic rings. The molecule has 1 aliphatic carbocycles.